The Morgan fingerprint density at radius 1 is 1.00 bits per heavy atom. The van der Waals surface area contributed by atoms with Crippen molar-refractivity contribution in [1.82, 2.24) is 10.4 Å². The number of phenols is 1. The van der Waals surface area contributed by atoms with Crippen LogP contribution in [-0.2, 0) is 0 Å². The molecule has 1 heterocycles. The van der Waals surface area contributed by atoms with Crippen LogP contribution in [0.2, 0.25) is 0 Å². The number of pyridine rings is 1. The average Bonchev–Trinajstić information content (AvgIpc) is 2.75. The van der Waals surface area contributed by atoms with E-state index in [1.165, 1.54) is 25.5 Å². The van der Waals surface area contributed by atoms with Crippen LogP contribution in [0.5, 0.6) is 11.5 Å². The summed E-state index contributed by atoms with van der Waals surface area (Å²) in [6.45, 7) is 0. The third-order valence-electron chi connectivity index (χ3n) is 3.97. The van der Waals surface area contributed by atoms with E-state index < -0.39 is 5.91 Å². The highest BCUT2D eigenvalue weighted by Gasteiger charge is 2.09. The van der Waals surface area contributed by atoms with Gasteiger partial charge in [-0.2, -0.15) is 5.10 Å². The number of aromatic hydroxyl groups is 1. The Labute approximate surface area is 166 Å². The number of nitrogens with zero attached hydrogens (tertiary/aromatic N) is 2. The van der Waals surface area contributed by atoms with Gasteiger partial charge < -0.3 is 15.2 Å². The van der Waals surface area contributed by atoms with E-state index in [0.29, 0.717) is 28.1 Å². The summed E-state index contributed by atoms with van der Waals surface area (Å²) >= 11 is 0. The number of benzene rings is 2. The normalized spacial score (nSPS) is 10.5. The van der Waals surface area contributed by atoms with Gasteiger partial charge in [-0.1, -0.05) is 6.07 Å². The maximum absolute atomic E-state index is 12.2. The molecule has 0 saturated heterocycles. The summed E-state index contributed by atoms with van der Waals surface area (Å²) in [4.78, 5) is 28.3. The molecule has 0 unspecified atom stereocenters. The van der Waals surface area contributed by atoms with E-state index in [4.69, 9.17) is 4.74 Å². The number of anilines is 1. The van der Waals surface area contributed by atoms with Crippen LogP contribution in [-0.4, -0.2) is 35.2 Å². The third kappa shape index (κ3) is 4.95. The molecule has 0 atom stereocenters. The van der Waals surface area contributed by atoms with Gasteiger partial charge in [0.05, 0.1) is 13.3 Å². The van der Waals surface area contributed by atoms with E-state index in [-0.39, 0.29) is 11.7 Å². The summed E-state index contributed by atoms with van der Waals surface area (Å²) in [7, 11) is 1.44. The van der Waals surface area contributed by atoms with Gasteiger partial charge in [-0.15, -0.1) is 0 Å². The number of phenolic OH excluding ortho intramolecular Hbond substituents is 1. The predicted octanol–water partition coefficient (Wildman–Crippen LogP) is 2.81. The Bertz CT molecular complexity index is 1030. The monoisotopic (exact) mass is 390 g/mol. The van der Waals surface area contributed by atoms with Crippen molar-refractivity contribution in [3.8, 4) is 11.5 Å². The largest absolute Gasteiger partial charge is 0.504 e. The molecule has 3 rings (SSSR count). The molecule has 0 aliphatic rings. The van der Waals surface area contributed by atoms with E-state index in [2.05, 4.69) is 20.8 Å². The Morgan fingerprint density at radius 2 is 1.66 bits per heavy atom. The first-order chi connectivity index (χ1) is 14.1. The number of methoxy groups -OCH3 is 1. The zero-order valence-electron chi connectivity index (χ0n) is 15.5. The van der Waals surface area contributed by atoms with E-state index in [0.717, 1.165) is 0 Å². The summed E-state index contributed by atoms with van der Waals surface area (Å²) < 4.78 is 5.02. The first-order valence-corrected chi connectivity index (χ1v) is 8.59. The molecule has 1 aromatic heterocycles. The van der Waals surface area contributed by atoms with Crippen LogP contribution in [0.3, 0.4) is 0 Å². The lowest BCUT2D eigenvalue weighted by Crippen LogP contribution is -2.18. The number of hydrazone groups is 1. The van der Waals surface area contributed by atoms with Crippen LogP contribution < -0.4 is 15.5 Å². The van der Waals surface area contributed by atoms with Crippen molar-refractivity contribution in [3.63, 3.8) is 0 Å². The van der Waals surface area contributed by atoms with Crippen LogP contribution in [0.25, 0.3) is 0 Å². The van der Waals surface area contributed by atoms with Crippen molar-refractivity contribution in [1.29, 1.82) is 0 Å². The van der Waals surface area contributed by atoms with Gasteiger partial charge in [0.25, 0.3) is 11.8 Å². The molecule has 0 saturated carbocycles. The molecule has 29 heavy (non-hydrogen) atoms. The number of hydrogen-bond acceptors (Lipinski definition) is 6. The summed E-state index contributed by atoms with van der Waals surface area (Å²) in [5, 5.41) is 16.6. The topological polar surface area (TPSA) is 113 Å². The molecule has 3 aromatic rings. The molecule has 8 heteroatoms. The summed E-state index contributed by atoms with van der Waals surface area (Å²) in [6.07, 6.45) is 4.47. The maximum atomic E-state index is 12.2. The number of para-hydroxylation sites is 1. The number of nitrogens with one attached hydrogen (secondary N) is 2. The van der Waals surface area contributed by atoms with E-state index in [1.54, 1.807) is 54.9 Å². The Balaban J connectivity index is 1.61. The summed E-state index contributed by atoms with van der Waals surface area (Å²) in [5.41, 5.74) is 4.13. The van der Waals surface area contributed by atoms with Crippen molar-refractivity contribution in [2.45, 2.75) is 0 Å². The third-order valence-corrected chi connectivity index (χ3v) is 3.97. The first kappa shape index (κ1) is 19.6. The van der Waals surface area contributed by atoms with Gasteiger partial charge in [0, 0.05) is 34.8 Å². The molecule has 0 radical (unpaired) electrons. The first-order valence-electron chi connectivity index (χ1n) is 8.59. The Morgan fingerprint density at radius 3 is 2.31 bits per heavy atom. The van der Waals surface area contributed by atoms with Gasteiger partial charge in [0.1, 0.15) is 0 Å². The highest BCUT2D eigenvalue weighted by atomic mass is 16.5. The summed E-state index contributed by atoms with van der Waals surface area (Å²) in [6, 6.07) is 14.4. The molecule has 8 nitrogen and oxygen atoms in total. The smallest absolute Gasteiger partial charge is 0.271 e. The molecule has 0 fully saturated rings. The lowest BCUT2D eigenvalue weighted by Gasteiger charge is -2.06. The van der Waals surface area contributed by atoms with Gasteiger partial charge in [-0.25, -0.2) is 5.43 Å². The molecule has 2 amide bonds. The lowest BCUT2D eigenvalue weighted by atomic mass is 10.1. The fourth-order valence-electron chi connectivity index (χ4n) is 2.44. The van der Waals surface area contributed by atoms with Gasteiger partial charge in [0.15, 0.2) is 11.5 Å². The quantitative estimate of drug-likeness (QED) is 0.442. The van der Waals surface area contributed by atoms with Gasteiger partial charge in [-0.3, -0.25) is 14.6 Å². The molecular weight excluding hydrogens is 372 g/mol. The second-order valence-corrected chi connectivity index (χ2v) is 5.86. The van der Waals surface area contributed by atoms with Crippen LogP contribution in [0.15, 0.2) is 72.1 Å². The predicted molar refractivity (Wildman–Crippen MR) is 108 cm³/mol. The van der Waals surface area contributed by atoms with Crippen LogP contribution >= 0.6 is 0 Å². The molecule has 0 spiro atoms. The van der Waals surface area contributed by atoms with Crippen LogP contribution in [0.1, 0.15) is 26.3 Å². The van der Waals surface area contributed by atoms with Crippen molar-refractivity contribution < 1.29 is 19.4 Å². The number of hydrogen-bond donors (Lipinski definition) is 3. The number of rotatable bonds is 6. The summed E-state index contributed by atoms with van der Waals surface area (Å²) in [5.74, 6) is -0.516. The molecule has 146 valence electrons. The zero-order chi connectivity index (χ0) is 20.6. The number of amides is 2. The Kier molecular flexibility index (Phi) is 6.16. The van der Waals surface area contributed by atoms with Crippen molar-refractivity contribution >= 4 is 23.7 Å². The molecule has 0 bridgehead atoms. The second kappa shape index (κ2) is 9.14. The fraction of sp³-hybridized carbons (Fsp3) is 0.0476. The van der Waals surface area contributed by atoms with E-state index in [9.17, 15) is 14.7 Å². The molecule has 0 aliphatic heterocycles. The maximum Gasteiger partial charge on any atom is 0.271 e. The van der Waals surface area contributed by atoms with Gasteiger partial charge in [-0.05, 0) is 48.5 Å². The SMILES string of the molecule is COc1cccc(/C=N/NC(=O)c2ccc(C(=O)Nc3ccncc3)cc2)c1O. The fourth-order valence-corrected chi connectivity index (χ4v) is 2.44. The van der Waals surface area contributed by atoms with Crippen molar-refractivity contribution in [2.75, 3.05) is 12.4 Å². The molecule has 2 aromatic carbocycles. The highest BCUT2D eigenvalue weighted by Crippen LogP contribution is 2.27. The van der Waals surface area contributed by atoms with Crippen molar-refractivity contribution in [3.05, 3.63) is 83.7 Å². The van der Waals surface area contributed by atoms with E-state index >= 15 is 0 Å². The standard InChI is InChI=1S/C21H18N4O4/c1-29-18-4-2-3-16(19(18)26)13-23-25-21(28)15-7-5-14(6-8-15)20(27)24-17-9-11-22-12-10-17/h2-13,26H,1H3,(H,25,28)(H,22,24,27)/b23-13+. The number of carbonyl (C=O) groups excluding carboxylic acids is 2. The van der Waals surface area contributed by atoms with Crippen LogP contribution in [0, 0.1) is 0 Å². The number of carbonyl (C=O) groups is 2. The molecule has 0 aliphatic carbocycles. The van der Waals surface area contributed by atoms with Crippen molar-refractivity contribution in [2.24, 2.45) is 5.10 Å². The minimum absolute atomic E-state index is 0.0717. The second-order valence-electron chi connectivity index (χ2n) is 5.86. The minimum atomic E-state index is -0.454. The number of aromatic nitrogens is 1. The Hall–Kier alpha value is -4.20. The molecule has 3 N–H and O–H groups in total. The van der Waals surface area contributed by atoms with E-state index in [1.807, 2.05) is 0 Å². The lowest BCUT2D eigenvalue weighted by molar-refractivity contribution is 0.0953. The minimum Gasteiger partial charge on any atom is -0.504 e. The number of ether oxygens (including phenoxy) is 1. The van der Waals surface area contributed by atoms with Gasteiger partial charge >= 0.3 is 0 Å². The highest BCUT2D eigenvalue weighted by molar-refractivity contribution is 6.05. The van der Waals surface area contributed by atoms with Gasteiger partial charge in [0.2, 0.25) is 0 Å². The average molecular weight is 390 g/mol. The van der Waals surface area contributed by atoms with Crippen LogP contribution in [0.4, 0.5) is 5.69 Å². The zero-order valence-corrected chi connectivity index (χ0v) is 15.5. The molecular formula is C21H18N4O4.